The van der Waals surface area contributed by atoms with E-state index in [9.17, 15) is 4.39 Å². The molecular formula is C16H18FN. The van der Waals surface area contributed by atoms with Gasteiger partial charge in [0.25, 0.3) is 0 Å². The van der Waals surface area contributed by atoms with Crippen LogP contribution in [-0.4, -0.2) is 7.05 Å². The van der Waals surface area contributed by atoms with Crippen LogP contribution in [0.2, 0.25) is 0 Å². The van der Waals surface area contributed by atoms with Crippen molar-refractivity contribution in [1.29, 1.82) is 0 Å². The van der Waals surface area contributed by atoms with Gasteiger partial charge in [-0.25, -0.2) is 4.39 Å². The molecule has 2 heteroatoms. The number of rotatable bonds is 4. The maximum atomic E-state index is 12.9. The molecule has 0 aliphatic rings. The second-order valence-electron chi connectivity index (χ2n) is 4.38. The summed E-state index contributed by atoms with van der Waals surface area (Å²) in [6.07, 6.45) is 1.05. The van der Waals surface area contributed by atoms with E-state index in [4.69, 9.17) is 0 Å². The summed E-state index contributed by atoms with van der Waals surface area (Å²) in [5, 5.41) is 3.30. The van der Waals surface area contributed by atoms with Gasteiger partial charge in [0.2, 0.25) is 0 Å². The third-order valence-corrected chi connectivity index (χ3v) is 3.22. The molecule has 0 saturated carbocycles. The van der Waals surface area contributed by atoms with Crippen LogP contribution in [0.4, 0.5) is 4.39 Å². The summed E-state index contributed by atoms with van der Waals surface area (Å²) in [6, 6.07) is 15.4. The molecule has 0 radical (unpaired) electrons. The Hall–Kier alpha value is -1.67. The van der Waals surface area contributed by atoms with Gasteiger partial charge < -0.3 is 5.32 Å². The smallest absolute Gasteiger partial charge is 0.123 e. The standard InChI is InChI=1S/C16H18FN/c1-3-16(18-2)14-6-4-5-13(11-14)12-7-9-15(17)10-8-12/h4-11,16,18H,3H2,1-2H3. The number of hydrogen-bond donors (Lipinski definition) is 1. The number of nitrogens with one attached hydrogen (secondary N) is 1. The van der Waals surface area contributed by atoms with Crippen LogP contribution in [-0.2, 0) is 0 Å². The molecule has 0 bridgehead atoms. The molecule has 94 valence electrons. The summed E-state index contributed by atoms with van der Waals surface area (Å²) in [5.41, 5.74) is 3.44. The molecule has 0 heterocycles. The molecule has 0 aliphatic heterocycles. The topological polar surface area (TPSA) is 12.0 Å². The Bertz CT molecular complexity index is 501. The van der Waals surface area contributed by atoms with E-state index in [0.717, 1.165) is 17.5 Å². The lowest BCUT2D eigenvalue weighted by Crippen LogP contribution is -2.15. The van der Waals surface area contributed by atoms with Gasteiger partial charge >= 0.3 is 0 Å². The van der Waals surface area contributed by atoms with E-state index in [-0.39, 0.29) is 5.82 Å². The molecule has 0 fully saturated rings. The minimum absolute atomic E-state index is 0.198. The average Bonchev–Trinajstić information content (AvgIpc) is 2.41. The first-order valence-corrected chi connectivity index (χ1v) is 6.27. The molecule has 0 saturated heterocycles. The molecule has 0 amide bonds. The predicted molar refractivity (Wildman–Crippen MR) is 73.9 cm³/mol. The van der Waals surface area contributed by atoms with Crippen molar-refractivity contribution in [2.75, 3.05) is 7.05 Å². The highest BCUT2D eigenvalue weighted by atomic mass is 19.1. The van der Waals surface area contributed by atoms with E-state index in [0.29, 0.717) is 6.04 Å². The summed E-state index contributed by atoms with van der Waals surface area (Å²) in [6.45, 7) is 2.16. The Labute approximate surface area is 108 Å². The molecule has 18 heavy (non-hydrogen) atoms. The van der Waals surface area contributed by atoms with Crippen molar-refractivity contribution in [2.24, 2.45) is 0 Å². The van der Waals surface area contributed by atoms with Crippen LogP contribution >= 0.6 is 0 Å². The lowest BCUT2D eigenvalue weighted by atomic mass is 9.98. The highest BCUT2D eigenvalue weighted by Crippen LogP contribution is 2.24. The van der Waals surface area contributed by atoms with Gasteiger partial charge in [0.1, 0.15) is 5.82 Å². The lowest BCUT2D eigenvalue weighted by Gasteiger charge is -2.15. The van der Waals surface area contributed by atoms with Crippen LogP contribution in [0.3, 0.4) is 0 Å². The van der Waals surface area contributed by atoms with Crippen LogP contribution in [0.25, 0.3) is 11.1 Å². The Morgan fingerprint density at radius 3 is 2.39 bits per heavy atom. The van der Waals surface area contributed by atoms with Crippen molar-refractivity contribution >= 4 is 0 Å². The fraction of sp³-hybridized carbons (Fsp3) is 0.250. The van der Waals surface area contributed by atoms with Gasteiger partial charge in [-0.1, -0.05) is 37.3 Å². The predicted octanol–water partition coefficient (Wildman–Crippen LogP) is 4.16. The highest BCUT2D eigenvalue weighted by molar-refractivity contribution is 5.64. The zero-order valence-corrected chi connectivity index (χ0v) is 10.8. The zero-order chi connectivity index (χ0) is 13.0. The quantitative estimate of drug-likeness (QED) is 0.850. The molecule has 2 rings (SSSR count). The van der Waals surface area contributed by atoms with Crippen LogP contribution in [0, 0.1) is 5.82 Å². The van der Waals surface area contributed by atoms with E-state index in [2.05, 4.69) is 30.4 Å². The second-order valence-corrected chi connectivity index (χ2v) is 4.38. The number of halogens is 1. The van der Waals surface area contributed by atoms with Crippen molar-refractivity contribution in [3.63, 3.8) is 0 Å². The van der Waals surface area contributed by atoms with Crippen LogP contribution in [0.5, 0.6) is 0 Å². The monoisotopic (exact) mass is 243 g/mol. The molecule has 0 aliphatic carbocycles. The number of hydrogen-bond acceptors (Lipinski definition) is 1. The molecule has 0 spiro atoms. The van der Waals surface area contributed by atoms with Gasteiger partial charge in [-0.3, -0.25) is 0 Å². The SMILES string of the molecule is CCC(NC)c1cccc(-c2ccc(F)cc2)c1. The average molecular weight is 243 g/mol. The van der Waals surface area contributed by atoms with Gasteiger partial charge in [-0.05, 0) is 48.4 Å². The maximum absolute atomic E-state index is 12.9. The first-order chi connectivity index (χ1) is 8.74. The van der Waals surface area contributed by atoms with Crippen LogP contribution < -0.4 is 5.32 Å². The summed E-state index contributed by atoms with van der Waals surface area (Å²) in [7, 11) is 1.97. The van der Waals surface area contributed by atoms with E-state index in [1.54, 1.807) is 0 Å². The normalized spacial score (nSPS) is 12.4. The molecule has 0 aromatic heterocycles. The van der Waals surface area contributed by atoms with Gasteiger partial charge in [0, 0.05) is 6.04 Å². The molecule has 2 aromatic rings. The summed E-state index contributed by atoms with van der Waals surface area (Å²) in [4.78, 5) is 0. The van der Waals surface area contributed by atoms with Crippen molar-refractivity contribution in [3.8, 4) is 11.1 Å². The van der Waals surface area contributed by atoms with Crippen molar-refractivity contribution in [3.05, 3.63) is 59.9 Å². The summed E-state index contributed by atoms with van der Waals surface area (Å²) in [5.74, 6) is -0.198. The van der Waals surface area contributed by atoms with E-state index < -0.39 is 0 Å². The fourth-order valence-electron chi connectivity index (χ4n) is 2.18. The van der Waals surface area contributed by atoms with Crippen molar-refractivity contribution < 1.29 is 4.39 Å². The van der Waals surface area contributed by atoms with Crippen molar-refractivity contribution in [1.82, 2.24) is 5.32 Å². The summed E-state index contributed by atoms with van der Waals surface area (Å²) >= 11 is 0. The largest absolute Gasteiger partial charge is 0.313 e. The molecule has 1 atom stereocenters. The Morgan fingerprint density at radius 1 is 1.06 bits per heavy atom. The molecule has 1 unspecified atom stereocenters. The molecular weight excluding hydrogens is 225 g/mol. The molecule has 2 aromatic carbocycles. The Balaban J connectivity index is 2.34. The third kappa shape index (κ3) is 2.77. The fourth-order valence-corrected chi connectivity index (χ4v) is 2.18. The van der Waals surface area contributed by atoms with E-state index in [1.807, 2.05) is 25.2 Å². The zero-order valence-electron chi connectivity index (χ0n) is 10.8. The van der Waals surface area contributed by atoms with E-state index >= 15 is 0 Å². The molecule has 1 nitrogen and oxygen atoms in total. The first-order valence-electron chi connectivity index (χ1n) is 6.27. The third-order valence-electron chi connectivity index (χ3n) is 3.22. The van der Waals surface area contributed by atoms with Gasteiger partial charge in [0.05, 0.1) is 0 Å². The van der Waals surface area contributed by atoms with Gasteiger partial charge in [-0.15, -0.1) is 0 Å². The minimum atomic E-state index is -0.198. The minimum Gasteiger partial charge on any atom is -0.313 e. The van der Waals surface area contributed by atoms with Crippen molar-refractivity contribution in [2.45, 2.75) is 19.4 Å². The highest BCUT2D eigenvalue weighted by Gasteiger charge is 2.07. The maximum Gasteiger partial charge on any atom is 0.123 e. The lowest BCUT2D eigenvalue weighted by molar-refractivity contribution is 0.577. The summed E-state index contributed by atoms with van der Waals surface area (Å²) < 4.78 is 12.9. The van der Waals surface area contributed by atoms with Gasteiger partial charge in [-0.2, -0.15) is 0 Å². The van der Waals surface area contributed by atoms with Crippen LogP contribution in [0.1, 0.15) is 24.9 Å². The second kappa shape index (κ2) is 5.78. The Morgan fingerprint density at radius 2 is 1.78 bits per heavy atom. The van der Waals surface area contributed by atoms with Crippen LogP contribution in [0.15, 0.2) is 48.5 Å². The Kier molecular flexibility index (Phi) is 4.11. The number of benzene rings is 2. The van der Waals surface area contributed by atoms with Gasteiger partial charge in [0.15, 0.2) is 0 Å². The molecule has 1 N–H and O–H groups in total. The first kappa shape index (κ1) is 12.8. The van der Waals surface area contributed by atoms with E-state index in [1.165, 1.54) is 17.7 Å².